The Kier molecular flexibility index (Phi) is 7.68. The number of rotatable bonds is 7. The van der Waals surface area contributed by atoms with Gasteiger partial charge in [0.1, 0.15) is 17.5 Å². The van der Waals surface area contributed by atoms with Crippen LogP contribution >= 0.6 is 0 Å². The Labute approximate surface area is 195 Å². The zero-order valence-corrected chi connectivity index (χ0v) is 19.3. The second-order valence-electron chi connectivity index (χ2n) is 8.33. The minimum Gasteiger partial charge on any atom is -0.497 e. The van der Waals surface area contributed by atoms with Crippen LogP contribution in [0.1, 0.15) is 24.4 Å². The van der Waals surface area contributed by atoms with Gasteiger partial charge in [0.05, 0.1) is 26.9 Å². The fourth-order valence-corrected chi connectivity index (χ4v) is 4.47. The molecule has 1 N–H and O–H groups in total. The van der Waals surface area contributed by atoms with E-state index in [1.54, 1.807) is 14.2 Å². The highest BCUT2D eigenvalue weighted by molar-refractivity contribution is 5.86. The van der Waals surface area contributed by atoms with E-state index < -0.39 is 6.04 Å². The van der Waals surface area contributed by atoms with Crippen molar-refractivity contribution < 1.29 is 19.0 Å². The van der Waals surface area contributed by atoms with Crippen molar-refractivity contribution in [3.05, 3.63) is 78.4 Å². The van der Waals surface area contributed by atoms with Crippen LogP contribution in [-0.4, -0.2) is 50.8 Å². The predicted molar refractivity (Wildman–Crippen MR) is 130 cm³/mol. The molecule has 0 aromatic heterocycles. The molecule has 3 unspecified atom stereocenters. The number of nitrogens with one attached hydrogen (secondary N) is 1. The summed E-state index contributed by atoms with van der Waals surface area (Å²) < 4.78 is 16.8. The van der Waals surface area contributed by atoms with E-state index in [0.29, 0.717) is 31.3 Å². The summed E-state index contributed by atoms with van der Waals surface area (Å²) in [6, 6.07) is 14.9. The number of carbonyl (C=O) groups excluding carboxylic acids is 1. The highest BCUT2D eigenvalue weighted by atomic mass is 16.5. The first-order valence-electron chi connectivity index (χ1n) is 11.5. The lowest BCUT2D eigenvalue weighted by Crippen LogP contribution is -2.49. The lowest BCUT2D eigenvalue weighted by atomic mass is 9.91. The molecule has 0 bridgehead atoms. The first kappa shape index (κ1) is 22.9. The van der Waals surface area contributed by atoms with Crippen LogP contribution in [0, 0.1) is 5.92 Å². The molecule has 0 spiro atoms. The molecular weight excluding hydrogens is 416 g/mol. The van der Waals surface area contributed by atoms with Crippen LogP contribution in [-0.2, 0) is 9.53 Å². The van der Waals surface area contributed by atoms with E-state index in [4.69, 9.17) is 14.2 Å². The van der Waals surface area contributed by atoms with E-state index >= 15 is 0 Å². The summed E-state index contributed by atoms with van der Waals surface area (Å²) >= 11 is 0. The summed E-state index contributed by atoms with van der Waals surface area (Å²) in [6.45, 7) is 1.89. The molecule has 1 aliphatic carbocycles. The van der Waals surface area contributed by atoms with Gasteiger partial charge < -0.3 is 24.4 Å². The second-order valence-corrected chi connectivity index (χ2v) is 8.33. The quantitative estimate of drug-likeness (QED) is 0.671. The molecule has 0 saturated carbocycles. The Morgan fingerprint density at radius 1 is 1.09 bits per heavy atom. The zero-order valence-electron chi connectivity index (χ0n) is 19.3. The molecule has 2 aromatic rings. The number of ether oxygens (including phenoxy) is 3. The van der Waals surface area contributed by atoms with Gasteiger partial charge in [-0.25, -0.2) is 0 Å². The van der Waals surface area contributed by atoms with Crippen molar-refractivity contribution in [2.45, 2.75) is 24.9 Å². The number of methoxy groups -OCH3 is 2. The van der Waals surface area contributed by atoms with E-state index in [1.807, 2.05) is 53.4 Å². The fourth-order valence-electron chi connectivity index (χ4n) is 4.47. The average Bonchev–Trinajstić information content (AvgIpc) is 3.14. The van der Waals surface area contributed by atoms with Crippen LogP contribution in [0.5, 0.6) is 11.5 Å². The van der Waals surface area contributed by atoms with Gasteiger partial charge in [-0.3, -0.25) is 4.79 Å². The predicted octanol–water partition coefficient (Wildman–Crippen LogP) is 4.61. The number of amides is 1. The van der Waals surface area contributed by atoms with E-state index in [9.17, 15) is 4.79 Å². The number of carbonyl (C=O) groups is 1. The number of hydrogen-bond acceptors (Lipinski definition) is 5. The number of allylic oxidation sites excluding steroid dienone is 3. The van der Waals surface area contributed by atoms with Gasteiger partial charge in [0.2, 0.25) is 5.91 Å². The minimum absolute atomic E-state index is 0.00550. The molecule has 1 saturated heterocycles. The maximum atomic E-state index is 14.1. The van der Waals surface area contributed by atoms with E-state index in [2.05, 4.69) is 29.6 Å². The first-order valence-corrected chi connectivity index (χ1v) is 11.5. The average molecular weight is 449 g/mol. The summed E-state index contributed by atoms with van der Waals surface area (Å²) in [6.07, 6.45) is 10.2. The Balaban J connectivity index is 1.67. The summed E-state index contributed by atoms with van der Waals surface area (Å²) in [7, 11) is 3.23. The van der Waals surface area contributed by atoms with Crippen LogP contribution in [0.25, 0.3) is 0 Å². The van der Waals surface area contributed by atoms with E-state index in [0.717, 1.165) is 24.1 Å². The molecule has 6 nitrogen and oxygen atoms in total. The van der Waals surface area contributed by atoms with Gasteiger partial charge in [-0.15, -0.1) is 0 Å². The van der Waals surface area contributed by atoms with Gasteiger partial charge in [-0.1, -0.05) is 54.6 Å². The third-order valence-corrected chi connectivity index (χ3v) is 6.21. The van der Waals surface area contributed by atoms with Crippen LogP contribution in [0.15, 0.2) is 72.8 Å². The molecule has 4 rings (SSSR count). The van der Waals surface area contributed by atoms with Gasteiger partial charge in [0, 0.05) is 43.0 Å². The van der Waals surface area contributed by atoms with Crippen LogP contribution in [0.4, 0.5) is 5.69 Å². The summed E-state index contributed by atoms with van der Waals surface area (Å²) in [5.41, 5.74) is 1.67. The Morgan fingerprint density at radius 2 is 1.85 bits per heavy atom. The molecule has 1 heterocycles. The van der Waals surface area contributed by atoms with Crippen molar-refractivity contribution >= 4 is 11.6 Å². The molecule has 1 amide bonds. The van der Waals surface area contributed by atoms with Gasteiger partial charge in [0.15, 0.2) is 0 Å². The maximum absolute atomic E-state index is 14.1. The molecule has 2 aliphatic rings. The summed E-state index contributed by atoms with van der Waals surface area (Å²) in [5.74, 6) is 1.61. The molecule has 174 valence electrons. The number of benzene rings is 2. The van der Waals surface area contributed by atoms with Crippen LogP contribution in [0.2, 0.25) is 0 Å². The third-order valence-electron chi connectivity index (χ3n) is 6.21. The zero-order chi connectivity index (χ0) is 23.0. The summed E-state index contributed by atoms with van der Waals surface area (Å²) in [5, 5.41) is 3.46. The molecule has 1 aliphatic heterocycles. The highest BCUT2D eigenvalue weighted by Gasteiger charge is 2.35. The van der Waals surface area contributed by atoms with Gasteiger partial charge in [0.25, 0.3) is 0 Å². The van der Waals surface area contributed by atoms with E-state index in [1.165, 1.54) is 0 Å². The third kappa shape index (κ3) is 5.57. The van der Waals surface area contributed by atoms with Crippen molar-refractivity contribution in [1.29, 1.82) is 0 Å². The van der Waals surface area contributed by atoms with Gasteiger partial charge in [-0.05, 0) is 18.4 Å². The van der Waals surface area contributed by atoms with Crippen LogP contribution < -0.4 is 14.8 Å². The molecule has 6 heteroatoms. The minimum atomic E-state index is -0.549. The molecule has 33 heavy (non-hydrogen) atoms. The smallest absolute Gasteiger partial charge is 0.250 e. The standard InChI is InChI=1S/C27H32N2O4/c1-31-23-16-22(17-24(18-23)32-2)28-26(21-12-7-4-8-13-21)27(30)29-14-9-15-33-19-25(29)20-10-5-3-6-11-20/h3-8,10,12-13,16-18,20,25-26,28H,9,11,14-15,19H2,1-2H3. The molecule has 3 atom stereocenters. The summed E-state index contributed by atoms with van der Waals surface area (Å²) in [4.78, 5) is 16.1. The SMILES string of the molecule is COc1cc(NC(C(=O)N2CCCOCC2C2C=CC=CC2)c2ccccc2)cc(OC)c1. The molecular formula is C27H32N2O4. The van der Waals surface area contributed by atoms with Crippen molar-refractivity contribution in [2.24, 2.45) is 5.92 Å². The Bertz CT molecular complexity index is 967. The fraction of sp³-hybridized carbons (Fsp3) is 0.370. The topological polar surface area (TPSA) is 60.0 Å². The van der Waals surface area contributed by atoms with Gasteiger partial charge >= 0.3 is 0 Å². The first-order chi connectivity index (χ1) is 16.2. The normalized spacial score (nSPS) is 21.2. The maximum Gasteiger partial charge on any atom is 0.250 e. The highest BCUT2D eigenvalue weighted by Crippen LogP contribution is 2.31. The van der Waals surface area contributed by atoms with Gasteiger partial charge in [-0.2, -0.15) is 0 Å². The molecule has 2 aromatic carbocycles. The largest absolute Gasteiger partial charge is 0.497 e. The second kappa shape index (κ2) is 11.1. The van der Waals surface area contributed by atoms with Crippen molar-refractivity contribution in [1.82, 2.24) is 4.90 Å². The monoisotopic (exact) mass is 448 g/mol. The van der Waals surface area contributed by atoms with Crippen molar-refractivity contribution in [3.8, 4) is 11.5 Å². The Morgan fingerprint density at radius 3 is 2.52 bits per heavy atom. The number of nitrogens with zero attached hydrogens (tertiary/aromatic N) is 1. The lowest BCUT2D eigenvalue weighted by molar-refractivity contribution is -0.135. The van der Waals surface area contributed by atoms with E-state index in [-0.39, 0.29) is 17.9 Å². The van der Waals surface area contributed by atoms with Crippen LogP contribution in [0.3, 0.4) is 0 Å². The molecule has 1 fully saturated rings. The van der Waals surface area contributed by atoms with Crippen molar-refractivity contribution in [2.75, 3.05) is 39.3 Å². The Hall–Kier alpha value is -3.25. The lowest BCUT2D eigenvalue weighted by Gasteiger charge is -2.37. The number of anilines is 1. The van der Waals surface area contributed by atoms with Crippen molar-refractivity contribution in [3.63, 3.8) is 0 Å². The number of hydrogen-bond donors (Lipinski definition) is 1. The molecule has 0 radical (unpaired) electrons.